The SMILES string of the molecule is Cc1c(C(=O)NC2CCN(C)CC2)sc2ncnc(Nc3ccc(N)cc3OC(CF)CF)c12. The van der Waals surface area contributed by atoms with Crippen molar-refractivity contribution >= 4 is 44.7 Å². The van der Waals surface area contributed by atoms with Crippen LogP contribution >= 0.6 is 11.3 Å². The average Bonchev–Trinajstić information content (AvgIpc) is 3.18. The van der Waals surface area contributed by atoms with Gasteiger partial charge in [0.2, 0.25) is 0 Å². The van der Waals surface area contributed by atoms with Crippen LogP contribution in [0, 0.1) is 6.92 Å². The molecule has 3 heterocycles. The summed E-state index contributed by atoms with van der Waals surface area (Å²) >= 11 is 1.31. The van der Waals surface area contributed by atoms with Gasteiger partial charge in [-0.1, -0.05) is 0 Å². The van der Waals surface area contributed by atoms with Crippen molar-refractivity contribution in [1.82, 2.24) is 20.2 Å². The van der Waals surface area contributed by atoms with Crippen molar-refractivity contribution in [2.75, 3.05) is 44.5 Å². The molecule has 11 heteroatoms. The number of rotatable bonds is 8. The standard InChI is InChI=1S/C23H28F2N6O2S/c1-13-19-21(30-17-4-3-14(26)9-18(17)33-16(10-24)11-25)27-12-28-23(19)34-20(13)22(32)29-15-5-7-31(2)8-6-15/h3-4,9,12,15-16H,5-8,10-11,26H2,1-2H3,(H,29,32)(H,27,28,30). The lowest BCUT2D eigenvalue weighted by molar-refractivity contribution is 0.0920. The van der Waals surface area contributed by atoms with Gasteiger partial charge in [0.15, 0.2) is 6.10 Å². The zero-order valence-corrected chi connectivity index (χ0v) is 19.9. The molecule has 0 spiro atoms. The van der Waals surface area contributed by atoms with E-state index in [9.17, 15) is 13.6 Å². The number of nitrogen functional groups attached to an aromatic ring is 1. The number of fused-ring (bicyclic) bond motifs is 1. The molecule has 4 rings (SSSR count). The monoisotopic (exact) mass is 490 g/mol. The van der Waals surface area contributed by atoms with Gasteiger partial charge in [-0.25, -0.2) is 18.7 Å². The Labute approximate surface area is 200 Å². The summed E-state index contributed by atoms with van der Waals surface area (Å²) in [4.78, 5) is 25.2. The van der Waals surface area contributed by atoms with Crippen molar-refractivity contribution in [1.29, 1.82) is 0 Å². The second-order valence-corrected chi connectivity index (χ2v) is 9.44. The first-order valence-electron chi connectivity index (χ1n) is 11.1. The van der Waals surface area contributed by atoms with Crippen molar-refractivity contribution in [2.45, 2.75) is 31.9 Å². The summed E-state index contributed by atoms with van der Waals surface area (Å²) in [5.41, 5.74) is 7.45. The number of nitrogens with one attached hydrogen (secondary N) is 2. The van der Waals surface area contributed by atoms with E-state index in [0.29, 0.717) is 32.3 Å². The fourth-order valence-corrected chi connectivity index (χ4v) is 4.99. The van der Waals surface area contributed by atoms with E-state index in [0.717, 1.165) is 31.5 Å². The minimum atomic E-state index is -1.23. The molecular formula is C23H28F2N6O2S. The summed E-state index contributed by atoms with van der Waals surface area (Å²) in [6.07, 6.45) is 2.00. The van der Waals surface area contributed by atoms with Gasteiger partial charge in [0.25, 0.3) is 5.91 Å². The number of carbonyl (C=O) groups excluding carboxylic acids is 1. The molecule has 0 bridgehead atoms. The van der Waals surface area contributed by atoms with Crippen molar-refractivity contribution in [3.63, 3.8) is 0 Å². The number of hydrogen-bond donors (Lipinski definition) is 3. The van der Waals surface area contributed by atoms with Crippen molar-refractivity contribution in [2.24, 2.45) is 0 Å². The van der Waals surface area contributed by atoms with Gasteiger partial charge in [-0.15, -0.1) is 11.3 Å². The van der Waals surface area contributed by atoms with Gasteiger partial charge >= 0.3 is 0 Å². The van der Waals surface area contributed by atoms with E-state index in [-0.39, 0.29) is 17.7 Å². The highest BCUT2D eigenvalue weighted by atomic mass is 32.1. The van der Waals surface area contributed by atoms with Gasteiger partial charge in [-0.05, 0) is 57.6 Å². The predicted octanol–water partition coefficient (Wildman–Crippen LogP) is 3.84. The van der Waals surface area contributed by atoms with Crippen molar-refractivity contribution < 1.29 is 18.3 Å². The average molecular weight is 491 g/mol. The van der Waals surface area contributed by atoms with Gasteiger partial charge < -0.3 is 26.0 Å². The van der Waals surface area contributed by atoms with Crippen LogP contribution < -0.4 is 21.1 Å². The van der Waals surface area contributed by atoms with E-state index in [1.54, 1.807) is 12.1 Å². The maximum Gasteiger partial charge on any atom is 0.261 e. The zero-order valence-electron chi connectivity index (χ0n) is 19.1. The Balaban J connectivity index is 1.61. The largest absolute Gasteiger partial charge is 0.483 e. The van der Waals surface area contributed by atoms with E-state index < -0.39 is 19.5 Å². The lowest BCUT2D eigenvalue weighted by Gasteiger charge is -2.29. The van der Waals surface area contributed by atoms with Gasteiger partial charge in [-0.3, -0.25) is 4.79 Å². The predicted molar refractivity (Wildman–Crippen MR) is 131 cm³/mol. The summed E-state index contributed by atoms with van der Waals surface area (Å²) in [7, 11) is 2.08. The van der Waals surface area contributed by atoms with Crippen LogP contribution in [0.25, 0.3) is 10.2 Å². The number of ether oxygens (including phenoxy) is 1. The number of aryl methyl sites for hydroxylation is 1. The first-order chi connectivity index (χ1) is 16.4. The molecule has 3 aromatic rings. The minimum Gasteiger partial charge on any atom is -0.483 e. The first kappa shape index (κ1) is 24.1. The number of piperidine rings is 1. The molecule has 34 heavy (non-hydrogen) atoms. The Morgan fingerprint density at radius 1 is 1.29 bits per heavy atom. The molecule has 0 saturated carbocycles. The number of carbonyl (C=O) groups is 1. The van der Waals surface area contributed by atoms with Crippen molar-refractivity contribution in [3.8, 4) is 5.75 Å². The maximum atomic E-state index is 13.1. The molecule has 182 valence electrons. The third kappa shape index (κ3) is 5.20. The van der Waals surface area contributed by atoms with E-state index in [1.165, 1.54) is 23.7 Å². The number of anilines is 3. The van der Waals surface area contributed by atoms with Gasteiger partial charge in [0, 0.05) is 17.8 Å². The number of halogens is 2. The second kappa shape index (κ2) is 10.5. The number of benzene rings is 1. The van der Waals surface area contributed by atoms with E-state index in [4.69, 9.17) is 10.5 Å². The van der Waals surface area contributed by atoms with E-state index in [1.807, 2.05) is 6.92 Å². The fourth-order valence-electron chi connectivity index (χ4n) is 3.94. The molecule has 0 unspecified atom stereocenters. The number of aromatic nitrogens is 2. The third-order valence-electron chi connectivity index (χ3n) is 5.88. The quantitative estimate of drug-likeness (QED) is 0.412. The van der Waals surface area contributed by atoms with E-state index >= 15 is 0 Å². The molecule has 1 aliphatic heterocycles. The lowest BCUT2D eigenvalue weighted by atomic mass is 10.1. The van der Waals surface area contributed by atoms with Crippen LogP contribution in [0.5, 0.6) is 5.75 Å². The topological polar surface area (TPSA) is 105 Å². The molecule has 2 aromatic heterocycles. The molecule has 1 saturated heterocycles. The highest BCUT2D eigenvalue weighted by Crippen LogP contribution is 2.37. The van der Waals surface area contributed by atoms with Gasteiger partial charge in [0.05, 0.1) is 16.0 Å². The Morgan fingerprint density at radius 2 is 2.03 bits per heavy atom. The van der Waals surface area contributed by atoms with Crippen LogP contribution in [-0.2, 0) is 0 Å². The number of nitrogens with two attached hydrogens (primary N) is 1. The van der Waals surface area contributed by atoms with Gasteiger partial charge in [0.1, 0.15) is 36.1 Å². The minimum absolute atomic E-state index is 0.119. The highest BCUT2D eigenvalue weighted by Gasteiger charge is 2.24. The summed E-state index contributed by atoms with van der Waals surface area (Å²) in [5, 5.41) is 7.02. The molecule has 4 N–H and O–H groups in total. The third-order valence-corrected chi connectivity index (χ3v) is 7.08. The molecule has 1 aliphatic rings. The van der Waals surface area contributed by atoms with Crippen LogP contribution in [0.4, 0.5) is 26.0 Å². The first-order valence-corrected chi connectivity index (χ1v) is 11.9. The summed E-state index contributed by atoms with van der Waals surface area (Å²) in [6, 6.07) is 4.95. The highest BCUT2D eigenvalue weighted by molar-refractivity contribution is 7.20. The lowest BCUT2D eigenvalue weighted by Crippen LogP contribution is -2.43. The van der Waals surface area contributed by atoms with Gasteiger partial charge in [-0.2, -0.15) is 0 Å². The molecule has 0 atom stereocenters. The number of likely N-dealkylation sites (tertiary alicyclic amines) is 1. The normalized spacial score (nSPS) is 15.1. The molecule has 1 fully saturated rings. The Kier molecular flexibility index (Phi) is 7.42. The van der Waals surface area contributed by atoms with Crippen molar-refractivity contribution in [3.05, 3.63) is 35.0 Å². The molecule has 1 amide bonds. The number of nitrogens with zero attached hydrogens (tertiary/aromatic N) is 3. The number of thiophene rings is 1. The molecule has 8 nitrogen and oxygen atoms in total. The molecule has 0 aliphatic carbocycles. The Bertz CT molecular complexity index is 1160. The number of hydrogen-bond acceptors (Lipinski definition) is 8. The smallest absolute Gasteiger partial charge is 0.261 e. The fraction of sp³-hybridized carbons (Fsp3) is 0.435. The molecule has 1 aromatic carbocycles. The van der Waals surface area contributed by atoms with Crippen LogP contribution in [-0.4, -0.2) is 66.4 Å². The summed E-state index contributed by atoms with van der Waals surface area (Å²) in [5.74, 6) is 0.551. The maximum absolute atomic E-state index is 13.1. The van der Waals surface area contributed by atoms with Crippen LogP contribution in [0.2, 0.25) is 0 Å². The van der Waals surface area contributed by atoms with Crippen LogP contribution in [0.1, 0.15) is 28.1 Å². The summed E-state index contributed by atoms with van der Waals surface area (Å²) in [6.45, 7) is 1.82. The number of alkyl halides is 2. The molecule has 0 radical (unpaired) electrons. The summed E-state index contributed by atoms with van der Waals surface area (Å²) < 4.78 is 31.6. The Morgan fingerprint density at radius 3 is 2.74 bits per heavy atom. The number of amides is 1. The Hall–Kier alpha value is -3.05. The zero-order chi connectivity index (χ0) is 24.2. The van der Waals surface area contributed by atoms with Crippen LogP contribution in [0.3, 0.4) is 0 Å². The second-order valence-electron chi connectivity index (χ2n) is 8.44. The molecular weight excluding hydrogens is 462 g/mol. The van der Waals surface area contributed by atoms with Crippen LogP contribution in [0.15, 0.2) is 24.5 Å². The van der Waals surface area contributed by atoms with E-state index in [2.05, 4.69) is 32.5 Å².